The molecule has 0 saturated heterocycles. The standard InChI is InChI=1S/C19H13F2N5O4S/c1-10(12-3-2-11(7-22)6-15(12)21)24-17(27)9-26-19(28)25-16-5-4-14(20)13(8-23)18(16)31(26,29)30/h2-6,10H,9H2,1H3,(H,24,27)(H,25,28)/t10-/m1/s1. The first-order valence-electron chi connectivity index (χ1n) is 8.65. The number of rotatable bonds is 4. The van der Waals surface area contributed by atoms with Crippen molar-refractivity contribution in [2.45, 2.75) is 17.9 Å². The van der Waals surface area contributed by atoms with Crippen LogP contribution < -0.4 is 10.6 Å². The summed E-state index contributed by atoms with van der Waals surface area (Å²) in [6.45, 7) is 0.433. The third kappa shape index (κ3) is 3.89. The second kappa shape index (κ2) is 8.01. The highest BCUT2D eigenvalue weighted by Gasteiger charge is 2.40. The van der Waals surface area contributed by atoms with Crippen LogP contribution in [0.2, 0.25) is 0 Å². The average Bonchev–Trinajstić information content (AvgIpc) is 2.71. The fourth-order valence-corrected chi connectivity index (χ4v) is 4.60. The van der Waals surface area contributed by atoms with Gasteiger partial charge >= 0.3 is 6.03 Å². The third-order valence-electron chi connectivity index (χ3n) is 4.50. The summed E-state index contributed by atoms with van der Waals surface area (Å²) in [5.41, 5.74) is -0.962. The smallest absolute Gasteiger partial charge is 0.336 e. The summed E-state index contributed by atoms with van der Waals surface area (Å²) >= 11 is 0. The topological polar surface area (TPSA) is 143 Å². The Bertz CT molecular complexity index is 1300. The number of carbonyl (C=O) groups is 2. The Kier molecular flexibility index (Phi) is 5.60. The normalized spacial score (nSPS) is 15.1. The molecule has 1 heterocycles. The van der Waals surface area contributed by atoms with Crippen molar-refractivity contribution in [3.63, 3.8) is 0 Å². The van der Waals surface area contributed by atoms with E-state index in [0.717, 1.165) is 18.2 Å². The van der Waals surface area contributed by atoms with Crippen LogP contribution in [0.3, 0.4) is 0 Å². The first kappa shape index (κ1) is 21.7. The van der Waals surface area contributed by atoms with Gasteiger partial charge in [0, 0.05) is 5.56 Å². The number of nitrogens with zero attached hydrogens (tertiary/aromatic N) is 3. The monoisotopic (exact) mass is 445 g/mol. The highest BCUT2D eigenvalue weighted by molar-refractivity contribution is 7.90. The van der Waals surface area contributed by atoms with Crippen LogP contribution >= 0.6 is 0 Å². The molecule has 1 atom stereocenters. The van der Waals surface area contributed by atoms with Gasteiger partial charge in [0.1, 0.15) is 34.7 Å². The van der Waals surface area contributed by atoms with Crippen molar-refractivity contribution >= 4 is 27.6 Å². The first-order chi connectivity index (χ1) is 14.6. The van der Waals surface area contributed by atoms with Crippen molar-refractivity contribution < 1.29 is 26.8 Å². The lowest BCUT2D eigenvalue weighted by atomic mass is 10.1. The van der Waals surface area contributed by atoms with E-state index in [1.807, 2.05) is 0 Å². The number of amides is 3. The van der Waals surface area contributed by atoms with Crippen molar-refractivity contribution in [1.29, 1.82) is 10.5 Å². The van der Waals surface area contributed by atoms with Gasteiger partial charge in [-0.1, -0.05) is 6.07 Å². The predicted molar refractivity (Wildman–Crippen MR) is 102 cm³/mol. The Morgan fingerprint density at radius 3 is 2.52 bits per heavy atom. The SMILES string of the molecule is C[C@@H](NC(=O)CN1C(=O)Nc2ccc(F)c(C#N)c2S1(=O)=O)c1ccc(C#N)cc1F. The summed E-state index contributed by atoms with van der Waals surface area (Å²) in [6.07, 6.45) is 0. The van der Waals surface area contributed by atoms with Crippen LogP contribution in [0.4, 0.5) is 19.3 Å². The molecule has 0 radical (unpaired) electrons. The molecule has 2 aromatic carbocycles. The van der Waals surface area contributed by atoms with Crippen LogP contribution in [0.5, 0.6) is 0 Å². The van der Waals surface area contributed by atoms with E-state index < -0.39 is 56.6 Å². The zero-order valence-corrected chi connectivity index (χ0v) is 16.6. The number of anilines is 1. The lowest BCUT2D eigenvalue weighted by molar-refractivity contribution is -0.121. The van der Waals surface area contributed by atoms with Crippen LogP contribution in [0.15, 0.2) is 35.2 Å². The number of carbonyl (C=O) groups excluding carboxylic acids is 2. The van der Waals surface area contributed by atoms with Gasteiger partial charge in [-0.15, -0.1) is 0 Å². The van der Waals surface area contributed by atoms with E-state index in [1.54, 1.807) is 6.07 Å². The molecule has 0 spiro atoms. The van der Waals surface area contributed by atoms with E-state index in [0.29, 0.717) is 0 Å². The van der Waals surface area contributed by atoms with E-state index in [2.05, 4.69) is 10.6 Å². The molecule has 3 rings (SSSR count). The van der Waals surface area contributed by atoms with E-state index in [-0.39, 0.29) is 21.1 Å². The summed E-state index contributed by atoms with van der Waals surface area (Å²) in [7, 11) is -4.72. The number of fused-ring (bicyclic) bond motifs is 1. The number of nitriles is 2. The number of nitrogens with one attached hydrogen (secondary N) is 2. The second-order valence-corrected chi connectivity index (χ2v) is 8.29. The van der Waals surface area contributed by atoms with Gasteiger partial charge in [0.25, 0.3) is 10.0 Å². The maximum atomic E-state index is 14.1. The minimum atomic E-state index is -4.72. The van der Waals surface area contributed by atoms with Gasteiger partial charge in [-0.25, -0.2) is 26.3 Å². The molecule has 1 aliphatic rings. The van der Waals surface area contributed by atoms with Crippen molar-refractivity contribution in [1.82, 2.24) is 9.62 Å². The number of sulfonamides is 1. The molecule has 0 fully saturated rings. The maximum Gasteiger partial charge on any atom is 0.336 e. The van der Waals surface area contributed by atoms with Crippen molar-refractivity contribution in [3.8, 4) is 12.1 Å². The third-order valence-corrected chi connectivity index (χ3v) is 6.31. The quantitative estimate of drug-likeness (QED) is 0.738. The number of benzene rings is 2. The van der Waals surface area contributed by atoms with Crippen LogP contribution in [-0.2, 0) is 14.8 Å². The average molecular weight is 445 g/mol. The molecular formula is C19H13F2N5O4S. The fourth-order valence-electron chi connectivity index (χ4n) is 3.03. The van der Waals surface area contributed by atoms with Crippen molar-refractivity contribution in [3.05, 3.63) is 58.7 Å². The van der Waals surface area contributed by atoms with Gasteiger partial charge in [-0.3, -0.25) is 4.79 Å². The molecule has 2 N–H and O–H groups in total. The highest BCUT2D eigenvalue weighted by Crippen LogP contribution is 2.34. The second-order valence-electron chi connectivity index (χ2n) is 6.49. The summed E-state index contributed by atoms with van der Waals surface area (Å²) in [5, 5.41) is 22.5. The summed E-state index contributed by atoms with van der Waals surface area (Å²) in [6, 6.07) is 6.57. The van der Waals surface area contributed by atoms with Gasteiger partial charge in [-0.2, -0.15) is 10.5 Å². The van der Waals surface area contributed by atoms with E-state index >= 15 is 0 Å². The molecule has 0 unspecified atom stereocenters. The Morgan fingerprint density at radius 1 is 1.19 bits per heavy atom. The van der Waals surface area contributed by atoms with Crippen LogP contribution in [0.1, 0.15) is 29.7 Å². The molecule has 2 aromatic rings. The molecule has 12 heteroatoms. The number of halogens is 2. The lowest BCUT2D eigenvalue weighted by Crippen LogP contribution is -2.49. The molecule has 31 heavy (non-hydrogen) atoms. The van der Waals surface area contributed by atoms with Crippen LogP contribution in [0, 0.1) is 34.3 Å². The fraction of sp³-hybridized carbons (Fsp3) is 0.158. The van der Waals surface area contributed by atoms with E-state index in [1.165, 1.54) is 25.1 Å². The zero-order valence-electron chi connectivity index (χ0n) is 15.8. The molecule has 0 saturated carbocycles. The van der Waals surface area contributed by atoms with Gasteiger partial charge in [0.05, 0.1) is 23.4 Å². The molecule has 9 nitrogen and oxygen atoms in total. The number of hydrogen-bond donors (Lipinski definition) is 2. The van der Waals surface area contributed by atoms with Gasteiger partial charge in [0.2, 0.25) is 5.91 Å². The Hall–Kier alpha value is -4.03. The number of hydrogen-bond acceptors (Lipinski definition) is 6. The molecule has 1 aliphatic heterocycles. The highest BCUT2D eigenvalue weighted by atomic mass is 32.2. The Labute approximate surface area is 175 Å². The van der Waals surface area contributed by atoms with Crippen LogP contribution in [-0.4, -0.2) is 31.2 Å². The Morgan fingerprint density at radius 2 is 1.90 bits per heavy atom. The van der Waals surface area contributed by atoms with Crippen molar-refractivity contribution in [2.75, 3.05) is 11.9 Å². The molecule has 0 aliphatic carbocycles. The molecule has 0 aromatic heterocycles. The molecular weight excluding hydrogens is 432 g/mol. The minimum Gasteiger partial charge on any atom is -0.348 e. The minimum absolute atomic E-state index is 0.0393. The van der Waals surface area contributed by atoms with Crippen molar-refractivity contribution in [2.24, 2.45) is 0 Å². The van der Waals surface area contributed by atoms with Gasteiger partial charge < -0.3 is 10.6 Å². The van der Waals surface area contributed by atoms with E-state index in [9.17, 15) is 26.8 Å². The summed E-state index contributed by atoms with van der Waals surface area (Å²) in [5.74, 6) is -2.80. The zero-order chi connectivity index (χ0) is 22.9. The number of urea groups is 1. The first-order valence-corrected chi connectivity index (χ1v) is 10.1. The molecule has 0 bridgehead atoms. The van der Waals surface area contributed by atoms with Gasteiger partial charge in [-0.05, 0) is 31.2 Å². The maximum absolute atomic E-state index is 14.1. The molecule has 158 valence electrons. The Balaban J connectivity index is 1.85. The molecule has 3 amide bonds. The van der Waals surface area contributed by atoms with Gasteiger partial charge in [0.15, 0.2) is 0 Å². The van der Waals surface area contributed by atoms with E-state index in [4.69, 9.17) is 10.5 Å². The largest absolute Gasteiger partial charge is 0.348 e. The predicted octanol–water partition coefficient (Wildman–Crippen LogP) is 2.12. The van der Waals surface area contributed by atoms with Crippen LogP contribution in [0.25, 0.3) is 0 Å². The summed E-state index contributed by atoms with van der Waals surface area (Å²) < 4.78 is 53.9. The lowest BCUT2D eigenvalue weighted by Gasteiger charge is -2.29. The summed E-state index contributed by atoms with van der Waals surface area (Å²) in [4.78, 5) is 23.9.